The van der Waals surface area contributed by atoms with Crippen LogP contribution in [0.25, 0.3) is 0 Å². The van der Waals surface area contributed by atoms with E-state index in [1.54, 1.807) is 38.1 Å². The zero-order chi connectivity index (χ0) is 18.9. The Morgan fingerprint density at radius 2 is 1.77 bits per heavy atom. The molecule has 0 aromatic heterocycles. The van der Waals surface area contributed by atoms with E-state index in [1.807, 2.05) is 4.90 Å². The number of benzene rings is 1. The molecule has 0 spiro atoms. The van der Waals surface area contributed by atoms with Gasteiger partial charge in [0, 0.05) is 24.7 Å². The highest BCUT2D eigenvalue weighted by molar-refractivity contribution is 5.97. The van der Waals surface area contributed by atoms with E-state index < -0.39 is 11.4 Å². The summed E-state index contributed by atoms with van der Waals surface area (Å²) in [6, 6.07) is 7.16. The van der Waals surface area contributed by atoms with Crippen LogP contribution in [-0.2, 0) is 19.8 Å². The molecule has 2 aliphatic rings. The maximum atomic E-state index is 12.5. The van der Waals surface area contributed by atoms with Crippen LogP contribution in [0.5, 0.6) is 0 Å². The molecule has 140 valence electrons. The van der Waals surface area contributed by atoms with Crippen LogP contribution < -0.4 is 5.32 Å². The van der Waals surface area contributed by atoms with Crippen LogP contribution in [0.3, 0.4) is 0 Å². The van der Waals surface area contributed by atoms with Crippen molar-refractivity contribution < 1.29 is 19.5 Å². The van der Waals surface area contributed by atoms with E-state index in [2.05, 4.69) is 5.32 Å². The van der Waals surface area contributed by atoms with E-state index in [0.717, 1.165) is 25.7 Å². The fraction of sp³-hybridized carbons (Fsp3) is 0.550. The molecular weight excluding hydrogens is 332 g/mol. The normalized spacial score (nSPS) is 21.2. The molecule has 3 rings (SSSR count). The molecule has 1 aromatic carbocycles. The van der Waals surface area contributed by atoms with Crippen molar-refractivity contribution in [2.75, 3.05) is 11.9 Å². The largest absolute Gasteiger partial charge is 0.481 e. The van der Waals surface area contributed by atoms with Gasteiger partial charge in [-0.3, -0.25) is 14.4 Å². The summed E-state index contributed by atoms with van der Waals surface area (Å²) in [7, 11) is 0. The van der Waals surface area contributed by atoms with E-state index in [1.165, 1.54) is 0 Å². The molecule has 1 aromatic rings. The Morgan fingerprint density at radius 3 is 2.35 bits per heavy atom. The van der Waals surface area contributed by atoms with E-state index in [0.29, 0.717) is 23.8 Å². The van der Waals surface area contributed by atoms with Crippen molar-refractivity contribution >= 4 is 23.5 Å². The summed E-state index contributed by atoms with van der Waals surface area (Å²) in [6.45, 7) is 3.79. The maximum Gasteiger partial charge on any atom is 0.313 e. The fourth-order valence-corrected chi connectivity index (χ4v) is 3.81. The van der Waals surface area contributed by atoms with Gasteiger partial charge in [0.05, 0.1) is 11.3 Å². The molecule has 1 saturated heterocycles. The second-order valence-corrected chi connectivity index (χ2v) is 7.88. The average Bonchev–Trinajstić information content (AvgIpc) is 3.24. The van der Waals surface area contributed by atoms with Crippen molar-refractivity contribution in [1.82, 2.24) is 4.90 Å². The lowest BCUT2D eigenvalue weighted by atomic mass is 9.85. The monoisotopic (exact) mass is 358 g/mol. The van der Waals surface area contributed by atoms with E-state index in [9.17, 15) is 19.5 Å². The summed E-state index contributed by atoms with van der Waals surface area (Å²) in [6.07, 6.45) is 4.67. The average molecular weight is 358 g/mol. The molecule has 0 bridgehead atoms. The summed E-state index contributed by atoms with van der Waals surface area (Å²) in [5, 5.41) is 12.1. The number of amides is 2. The Hall–Kier alpha value is -2.37. The minimum absolute atomic E-state index is 0.0793. The standard InChI is InChI=1S/C20H26N2O4/c1-20(2,19(25)26)14-7-9-15(10-8-14)21-18(24)13-11-17(23)22(12-13)16-5-3-4-6-16/h7-10,13,16H,3-6,11-12H2,1-2H3,(H,21,24)(H,25,26). The highest BCUT2D eigenvalue weighted by Crippen LogP contribution is 2.30. The summed E-state index contributed by atoms with van der Waals surface area (Å²) < 4.78 is 0. The smallest absolute Gasteiger partial charge is 0.313 e. The molecule has 1 heterocycles. The molecule has 1 saturated carbocycles. The summed E-state index contributed by atoms with van der Waals surface area (Å²) in [4.78, 5) is 38.0. The molecule has 6 nitrogen and oxygen atoms in total. The Bertz CT molecular complexity index is 705. The number of carbonyl (C=O) groups excluding carboxylic acids is 2. The van der Waals surface area contributed by atoms with Gasteiger partial charge in [0.1, 0.15) is 0 Å². The molecule has 1 unspecified atom stereocenters. The third-order valence-corrected chi connectivity index (χ3v) is 5.70. The van der Waals surface area contributed by atoms with Crippen LogP contribution in [0.2, 0.25) is 0 Å². The number of carboxylic acids is 1. The van der Waals surface area contributed by atoms with Gasteiger partial charge in [-0.15, -0.1) is 0 Å². The lowest BCUT2D eigenvalue weighted by Crippen LogP contribution is -2.35. The van der Waals surface area contributed by atoms with Gasteiger partial charge >= 0.3 is 5.97 Å². The van der Waals surface area contributed by atoms with Gasteiger partial charge in [-0.1, -0.05) is 25.0 Å². The molecule has 6 heteroatoms. The summed E-state index contributed by atoms with van der Waals surface area (Å²) in [5.74, 6) is -1.29. The number of carboxylic acid groups (broad SMARTS) is 1. The van der Waals surface area contributed by atoms with E-state index >= 15 is 0 Å². The SMILES string of the molecule is CC(C)(C(=O)O)c1ccc(NC(=O)C2CC(=O)N(C3CCCC3)C2)cc1. The first-order chi connectivity index (χ1) is 12.3. The molecule has 2 amide bonds. The van der Waals surface area contributed by atoms with Crippen LogP contribution in [0, 0.1) is 5.92 Å². The number of hydrogen-bond acceptors (Lipinski definition) is 3. The van der Waals surface area contributed by atoms with Crippen molar-refractivity contribution in [1.29, 1.82) is 0 Å². The van der Waals surface area contributed by atoms with Gasteiger partial charge in [-0.05, 0) is 44.4 Å². The van der Waals surface area contributed by atoms with Crippen LogP contribution >= 0.6 is 0 Å². The van der Waals surface area contributed by atoms with Crippen LogP contribution in [0.15, 0.2) is 24.3 Å². The van der Waals surface area contributed by atoms with Crippen molar-refractivity contribution in [3.63, 3.8) is 0 Å². The highest BCUT2D eigenvalue weighted by Gasteiger charge is 2.38. The summed E-state index contributed by atoms with van der Waals surface area (Å²) in [5.41, 5.74) is 0.306. The number of carbonyl (C=O) groups is 3. The maximum absolute atomic E-state index is 12.5. The molecule has 1 aliphatic heterocycles. The molecule has 0 radical (unpaired) electrons. The van der Waals surface area contributed by atoms with Gasteiger partial charge in [-0.2, -0.15) is 0 Å². The minimum Gasteiger partial charge on any atom is -0.481 e. The molecule has 2 N–H and O–H groups in total. The molecule has 1 aliphatic carbocycles. The minimum atomic E-state index is -0.984. The van der Waals surface area contributed by atoms with Gasteiger partial charge in [-0.25, -0.2) is 0 Å². The number of nitrogens with one attached hydrogen (secondary N) is 1. The third-order valence-electron chi connectivity index (χ3n) is 5.70. The Kier molecular flexibility index (Phi) is 5.03. The van der Waals surface area contributed by atoms with Crippen LogP contribution in [-0.4, -0.2) is 40.4 Å². The summed E-state index contributed by atoms with van der Waals surface area (Å²) >= 11 is 0. The van der Waals surface area contributed by atoms with Crippen molar-refractivity contribution in [2.45, 2.75) is 57.4 Å². The van der Waals surface area contributed by atoms with Gasteiger partial charge in [0.2, 0.25) is 11.8 Å². The zero-order valence-corrected chi connectivity index (χ0v) is 15.3. The predicted molar refractivity (Wildman–Crippen MR) is 97.8 cm³/mol. The predicted octanol–water partition coefficient (Wildman–Crippen LogP) is 2.78. The first kappa shape index (κ1) is 18.4. The fourth-order valence-electron chi connectivity index (χ4n) is 3.81. The molecular formula is C20H26N2O4. The molecule has 26 heavy (non-hydrogen) atoms. The lowest BCUT2D eigenvalue weighted by molar-refractivity contribution is -0.142. The third kappa shape index (κ3) is 3.59. The van der Waals surface area contributed by atoms with Crippen LogP contribution in [0.1, 0.15) is 51.5 Å². The highest BCUT2D eigenvalue weighted by atomic mass is 16.4. The van der Waals surface area contributed by atoms with Crippen molar-refractivity contribution in [2.24, 2.45) is 5.92 Å². The molecule has 2 fully saturated rings. The number of hydrogen-bond donors (Lipinski definition) is 2. The van der Waals surface area contributed by atoms with Gasteiger partial charge < -0.3 is 15.3 Å². The van der Waals surface area contributed by atoms with Crippen molar-refractivity contribution in [3.05, 3.63) is 29.8 Å². The topological polar surface area (TPSA) is 86.7 Å². The van der Waals surface area contributed by atoms with Crippen LogP contribution in [0.4, 0.5) is 5.69 Å². The second-order valence-electron chi connectivity index (χ2n) is 7.88. The van der Waals surface area contributed by atoms with E-state index in [4.69, 9.17) is 0 Å². The lowest BCUT2D eigenvalue weighted by Gasteiger charge is -2.24. The second kappa shape index (κ2) is 7.09. The Balaban J connectivity index is 1.61. The van der Waals surface area contributed by atoms with Crippen molar-refractivity contribution in [3.8, 4) is 0 Å². The zero-order valence-electron chi connectivity index (χ0n) is 15.3. The number of anilines is 1. The number of aliphatic carboxylic acids is 1. The number of rotatable bonds is 5. The number of likely N-dealkylation sites (tertiary alicyclic amines) is 1. The Labute approximate surface area is 153 Å². The van der Waals surface area contributed by atoms with E-state index in [-0.39, 0.29) is 24.2 Å². The quantitative estimate of drug-likeness (QED) is 0.847. The first-order valence-electron chi connectivity index (χ1n) is 9.23. The molecule has 1 atom stereocenters. The van der Waals surface area contributed by atoms with Gasteiger partial charge in [0.15, 0.2) is 0 Å². The Morgan fingerprint density at radius 1 is 1.15 bits per heavy atom. The van der Waals surface area contributed by atoms with Gasteiger partial charge in [0.25, 0.3) is 0 Å². The number of nitrogens with zero attached hydrogens (tertiary/aromatic N) is 1. The first-order valence-corrected chi connectivity index (χ1v) is 9.23.